The molecule has 4 rings (SSSR count). The Hall–Kier alpha value is -3.99. The molecule has 0 fully saturated rings. The molecule has 144 valence electrons. The van der Waals surface area contributed by atoms with E-state index in [1.165, 1.54) is 0 Å². The summed E-state index contributed by atoms with van der Waals surface area (Å²) in [6.45, 7) is 3.94. The number of aryl methyl sites for hydroxylation is 1. The fourth-order valence-corrected chi connectivity index (χ4v) is 3.39. The van der Waals surface area contributed by atoms with Crippen LogP contribution >= 0.6 is 0 Å². The summed E-state index contributed by atoms with van der Waals surface area (Å²) in [5.41, 5.74) is 3.20. The zero-order chi connectivity index (χ0) is 20.5. The largest absolute Gasteiger partial charge is 0.322 e. The van der Waals surface area contributed by atoms with Crippen LogP contribution in [-0.2, 0) is 7.05 Å². The minimum absolute atomic E-state index is 0.0483. The van der Waals surface area contributed by atoms with Crippen LogP contribution in [0, 0.1) is 11.3 Å². The molecule has 8 nitrogen and oxygen atoms in total. The molecule has 0 saturated carbocycles. The van der Waals surface area contributed by atoms with Crippen molar-refractivity contribution in [1.82, 2.24) is 24.8 Å². The van der Waals surface area contributed by atoms with Gasteiger partial charge in [-0.15, -0.1) is 5.10 Å². The van der Waals surface area contributed by atoms with Crippen molar-refractivity contribution in [2.45, 2.75) is 19.8 Å². The van der Waals surface area contributed by atoms with Gasteiger partial charge >= 0.3 is 0 Å². The zero-order valence-corrected chi connectivity index (χ0v) is 16.3. The molecular formula is C21H19N7O. The highest BCUT2D eigenvalue weighted by Crippen LogP contribution is 2.26. The fraction of sp³-hybridized carbons (Fsp3) is 0.190. The molecule has 4 aromatic rings. The SMILES string of the molecule is CC(C)c1c(C#N)cccc1C(=O)Nc1ccc2cnn(-c3cn(C)nn3)c2c1. The smallest absolute Gasteiger partial charge is 0.255 e. The number of fused-ring (bicyclic) bond motifs is 1. The second-order valence-electron chi connectivity index (χ2n) is 7.07. The van der Waals surface area contributed by atoms with E-state index in [1.807, 2.05) is 32.0 Å². The molecule has 0 saturated heterocycles. The molecule has 0 aliphatic heterocycles. The number of aromatic nitrogens is 5. The van der Waals surface area contributed by atoms with Crippen LogP contribution < -0.4 is 5.32 Å². The standard InChI is InChI=1S/C21H19N7O/c1-13(2)20-14(10-22)5-4-6-17(20)21(29)24-16-8-7-15-11-23-28(18(15)9-16)19-12-27(3)26-25-19/h4-9,11-13H,1-3H3,(H,24,29). The molecular weight excluding hydrogens is 366 g/mol. The number of nitrogens with zero attached hydrogens (tertiary/aromatic N) is 6. The van der Waals surface area contributed by atoms with E-state index in [-0.39, 0.29) is 11.8 Å². The van der Waals surface area contributed by atoms with Crippen molar-refractivity contribution in [3.8, 4) is 11.9 Å². The van der Waals surface area contributed by atoms with Gasteiger partial charge in [0.25, 0.3) is 5.91 Å². The Labute approximate surface area is 167 Å². The van der Waals surface area contributed by atoms with E-state index in [9.17, 15) is 10.1 Å². The van der Waals surface area contributed by atoms with Gasteiger partial charge in [0, 0.05) is 23.7 Å². The number of carbonyl (C=O) groups excluding carboxylic acids is 1. The van der Waals surface area contributed by atoms with Crippen LogP contribution in [0.15, 0.2) is 48.8 Å². The predicted molar refractivity (Wildman–Crippen MR) is 109 cm³/mol. The number of benzene rings is 2. The molecule has 0 bridgehead atoms. The van der Waals surface area contributed by atoms with E-state index in [1.54, 1.807) is 47.0 Å². The topological polar surface area (TPSA) is 101 Å². The normalized spacial score (nSPS) is 11.0. The van der Waals surface area contributed by atoms with Gasteiger partial charge < -0.3 is 5.32 Å². The number of nitrogens with one attached hydrogen (secondary N) is 1. The predicted octanol–water partition coefficient (Wildman–Crippen LogP) is 3.40. The molecule has 2 aromatic heterocycles. The zero-order valence-electron chi connectivity index (χ0n) is 16.3. The lowest BCUT2D eigenvalue weighted by molar-refractivity contribution is 0.102. The van der Waals surface area contributed by atoms with E-state index < -0.39 is 0 Å². The van der Waals surface area contributed by atoms with Gasteiger partial charge in [-0.25, -0.2) is 4.68 Å². The molecule has 1 N–H and O–H groups in total. The summed E-state index contributed by atoms with van der Waals surface area (Å²) in [4.78, 5) is 13.0. The lowest BCUT2D eigenvalue weighted by Gasteiger charge is -2.14. The Morgan fingerprint density at radius 2 is 2.07 bits per heavy atom. The summed E-state index contributed by atoms with van der Waals surface area (Å²) in [5.74, 6) is 0.387. The molecule has 1 amide bonds. The first-order valence-electron chi connectivity index (χ1n) is 9.16. The molecule has 0 unspecified atom stereocenters. The lowest BCUT2D eigenvalue weighted by atomic mass is 9.92. The van der Waals surface area contributed by atoms with Crippen molar-refractivity contribution in [3.05, 3.63) is 65.5 Å². The van der Waals surface area contributed by atoms with Crippen molar-refractivity contribution < 1.29 is 4.79 Å². The maximum Gasteiger partial charge on any atom is 0.255 e. The maximum absolute atomic E-state index is 13.0. The Kier molecular flexibility index (Phi) is 4.56. The second kappa shape index (κ2) is 7.20. The van der Waals surface area contributed by atoms with Gasteiger partial charge in [0.05, 0.1) is 29.5 Å². The fourth-order valence-electron chi connectivity index (χ4n) is 3.39. The van der Waals surface area contributed by atoms with Gasteiger partial charge in [0.1, 0.15) is 0 Å². The summed E-state index contributed by atoms with van der Waals surface area (Å²) in [6.07, 6.45) is 3.50. The molecule has 0 spiro atoms. The van der Waals surface area contributed by atoms with Crippen molar-refractivity contribution >= 4 is 22.5 Å². The number of amides is 1. The highest BCUT2D eigenvalue weighted by Gasteiger charge is 2.18. The second-order valence-corrected chi connectivity index (χ2v) is 7.07. The summed E-state index contributed by atoms with van der Waals surface area (Å²) in [7, 11) is 1.79. The molecule has 0 atom stereocenters. The van der Waals surface area contributed by atoms with Crippen LogP contribution in [0.4, 0.5) is 5.69 Å². The Bertz CT molecular complexity index is 1260. The Morgan fingerprint density at radius 1 is 1.24 bits per heavy atom. The highest BCUT2D eigenvalue weighted by molar-refractivity contribution is 6.06. The maximum atomic E-state index is 13.0. The number of carbonyl (C=O) groups is 1. The number of anilines is 1. The van der Waals surface area contributed by atoms with E-state index >= 15 is 0 Å². The van der Waals surface area contributed by atoms with E-state index in [0.717, 1.165) is 16.5 Å². The van der Waals surface area contributed by atoms with Crippen LogP contribution in [-0.4, -0.2) is 30.7 Å². The van der Waals surface area contributed by atoms with Gasteiger partial charge in [0.2, 0.25) is 0 Å². The summed E-state index contributed by atoms with van der Waals surface area (Å²) in [6, 6.07) is 12.9. The molecule has 0 aliphatic rings. The van der Waals surface area contributed by atoms with Crippen LogP contribution in [0.3, 0.4) is 0 Å². The molecule has 2 heterocycles. The van der Waals surface area contributed by atoms with E-state index in [0.29, 0.717) is 22.6 Å². The van der Waals surface area contributed by atoms with E-state index in [4.69, 9.17) is 0 Å². The molecule has 29 heavy (non-hydrogen) atoms. The van der Waals surface area contributed by atoms with Crippen molar-refractivity contribution in [2.75, 3.05) is 5.32 Å². The third kappa shape index (κ3) is 3.34. The van der Waals surface area contributed by atoms with Gasteiger partial charge in [-0.2, -0.15) is 10.4 Å². The molecule has 0 radical (unpaired) electrons. The van der Waals surface area contributed by atoms with Crippen molar-refractivity contribution in [2.24, 2.45) is 7.05 Å². The third-order valence-electron chi connectivity index (χ3n) is 4.68. The van der Waals surface area contributed by atoms with Gasteiger partial charge in [0.15, 0.2) is 5.82 Å². The molecule has 8 heteroatoms. The average molecular weight is 385 g/mol. The van der Waals surface area contributed by atoms with Crippen LogP contribution in [0.2, 0.25) is 0 Å². The summed E-state index contributed by atoms with van der Waals surface area (Å²) >= 11 is 0. The van der Waals surface area contributed by atoms with Crippen molar-refractivity contribution in [1.29, 1.82) is 5.26 Å². The summed E-state index contributed by atoms with van der Waals surface area (Å²) in [5, 5.41) is 25.7. The first-order valence-corrected chi connectivity index (χ1v) is 9.16. The molecule has 0 aliphatic carbocycles. The number of nitriles is 1. The number of rotatable bonds is 4. The van der Waals surface area contributed by atoms with Crippen LogP contribution in [0.5, 0.6) is 0 Å². The van der Waals surface area contributed by atoms with Gasteiger partial charge in [-0.3, -0.25) is 9.48 Å². The average Bonchev–Trinajstić information content (AvgIpc) is 3.32. The highest BCUT2D eigenvalue weighted by atomic mass is 16.1. The first-order chi connectivity index (χ1) is 14.0. The lowest BCUT2D eigenvalue weighted by Crippen LogP contribution is -2.16. The van der Waals surface area contributed by atoms with Crippen LogP contribution in [0.25, 0.3) is 16.7 Å². The first kappa shape index (κ1) is 18.4. The van der Waals surface area contributed by atoms with Crippen molar-refractivity contribution in [3.63, 3.8) is 0 Å². The minimum atomic E-state index is -0.254. The Balaban J connectivity index is 1.70. The number of hydrogen-bond acceptors (Lipinski definition) is 5. The van der Waals surface area contributed by atoms with Crippen LogP contribution in [0.1, 0.15) is 41.3 Å². The Morgan fingerprint density at radius 3 is 2.76 bits per heavy atom. The monoisotopic (exact) mass is 385 g/mol. The van der Waals surface area contributed by atoms with Gasteiger partial charge in [-0.1, -0.05) is 25.1 Å². The quantitative estimate of drug-likeness (QED) is 0.580. The number of hydrogen-bond donors (Lipinski definition) is 1. The molecule has 2 aromatic carbocycles. The minimum Gasteiger partial charge on any atom is -0.322 e. The third-order valence-corrected chi connectivity index (χ3v) is 4.68. The van der Waals surface area contributed by atoms with Gasteiger partial charge in [-0.05, 0) is 41.8 Å². The summed E-state index contributed by atoms with van der Waals surface area (Å²) < 4.78 is 3.28. The van der Waals surface area contributed by atoms with E-state index in [2.05, 4.69) is 26.8 Å².